The Labute approximate surface area is 48.6 Å². The molecule has 1 N–H and O–H groups in total. The van der Waals surface area contributed by atoms with E-state index >= 15 is 0 Å². The van der Waals surface area contributed by atoms with Crippen molar-refractivity contribution in [3.05, 3.63) is 12.2 Å². The number of carbonyl (C=O) groups is 1. The van der Waals surface area contributed by atoms with Crippen LogP contribution in [0.4, 0.5) is 0 Å². The summed E-state index contributed by atoms with van der Waals surface area (Å²) in [5.74, 6) is 0.299. The van der Waals surface area contributed by atoms with Crippen molar-refractivity contribution >= 4 is 5.91 Å². The average Bonchev–Trinajstić information content (AvgIpc) is 1.62. The van der Waals surface area contributed by atoms with E-state index in [-0.39, 0.29) is 11.8 Å². The number of hydrogen-bond acceptors (Lipinski definition) is 1. The molecule has 0 aromatic heterocycles. The second-order valence-electron chi connectivity index (χ2n) is 1.88. The van der Waals surface area contributed by atoms with Gasteiger partial charge in [-0.1, -0.05) is 12.2 Å². The van der Waals surface area contributed by atoms with E-state index in [0.717, 1.165) is 6.42 Å². The maximum atomic E-state index is 10.6. The first-order chi connectivity index (χ1) is 3.84. The highest BCUT2D eigenvalue weighted by Gasteiger charge is 2.16. The second kappa shape index (κ2) is 1.99. The van der Waals surface area contributed by atoms with Gasteiger partial charge < -0.3 is 5.32 Å². The molecule has 1 aliphatic carbocycles. The Morgan fingerprint density at radius 1 is 1.88 bits per heavy atom. The van der Waals surface area contributed by atoms with Crippen molar-refractivity contribution in [1.29, 1.82) is 0 Å². The highest BCUT2D eigenvalue weighted by atomic mass is 16.1. The molecule has 0 aromatic rings. The standard InChI is InChI=1S/C6H9NO/c1-7-6(8)5-3-2-4-5/h2-3,5H,4H2,1H3,(H,7,8). The van der Waals surface area contributed by atoms with E-state index in [1.807, 2.05) is 12.2 Å². The van der Waals surface area contributed by atoms with Crippen LogP contribution in [0.3, 0.4) is 0 Å². The molecule has 1 aliphatic rings. The second-order valence-corrected chi connectivity index (χ2v) is 1.88. The van der Waals surface area contributed by atoms with Crippen LogP contribution in [0.2, 0.25) is 0 Å². The summed E-state index contributed by atoms with van der Waals surface area (Å²) in [6.07, 6.45) is 4.83. The van der Waals surface area contributed by atoms with Crippen molar-refractivity contribution < 1.29 is 4.79 Å². The van der Waals surface area contributed by atoms with Crippen LogP contribution in [0.15, 0.2) is 12.2 Å². The van der Waals surface area contributed by atoms with E-state index in [2.05, 4.69) is 5.32 Å². The van der Waals surface area contributed by atoms with Crippen LogP contribution in [-0.4, -0.2) is 13.0 Å². The third-order valence-corrected chi connectivity index (χ3v) is 1.34. The van der Waals surface area contributed by atoms with E-state index < -0.39 is 0 Å². The lowest BCUT2D eigenvalue weighted by Crippen LogP contribution is -2.28. The Kier molecular flexibility index (Phi) is 1.33. The van der Waals surface area contributed by atoms with Gasteiger partial charge in [0.15, 0.2) is 0 Å². The molecule has 0 aromatic carbocycles. The number of amides is 1. The summed E-state index contributed by atoms with van der Waals surface area (Å²) >= 11 is 0. The van der Waals surface area contributed by atoms with Crippen LogP contribution in [0.25, 0.3) is 0 Å². The van der Waals surface area contributed by atoms with Crippen molar-refractivity contribution in [2.24, 2.45) is 5.92 Å². The first-order valence-electron chi connectivity index (χ1n) is 2.73. The zero-order valence-corrected chi connectivity index (χ0v) is 4.85. The van der Waals surface area contributed by atoms with Crippen LogP contribution >= 0.6 is 0 Å². The predicted molar refractivity (Wildman–Crippen MR) is 31.3 cm³/mol. The minimum Gasteiger partial charge on any atom is -0.359 e. The number of hydrogen-bond donors (Lipinski definition) is 1. The molecule has 1 rings (SSSR count). The van der Waals surface area contributed by atoms with Crippen LogP contribution in [-0.2, 0) is 4.79 Å². The van der Waals surface area contributed by atoms with Crippen LogP contribution in [0.1, 0.15) is 6.42 Å². The van der Waals surface area contributed by atoms with Gasteiger partial charge in [-0.05, 0) is 6.42 Å². The lowest BCUT2D eigenvalue weighted by atomic mass is 9.95. The number of carbonyl (C=O) groups excluding carboxylic acids is 1. The average molecular weight is 111 g/mol. The molecule has 1 unspecified atom stereocenters. The summed E-state index contributed by atoms with van der Waals surface area (Å²) in [5.41, 5.74) is 0. The maximum absolute atomic E-state index is 10.6. The molecular weight excluding hydrogens is 102 g/mol. The van der Waals surface area contributed by atoms with E-state index in [4.69, 9.17) is 0 Å². The third-order valence-electron chi connectivity index (χ3n) is 1.34. The van der Waals surface area contributed by atoms with Crippen molar-refractivity contribution in [3.63, 3.8) is 0 Å². The van der Waals surface area contributed by atoms with Gasteiger partial charge in [0.1, 0.15) is 0 Å². The fourth-order valence-corrected chi connectivity index (χ4v) is 0.652. The molecule has 0 saturated heterocycles. The van der Waals surface area contributed by atoms with Crippen LogP contribution in [0.5, 0.6) is 0 Å². The molecular formula is C6H9NO. The van der Waals surface area contributed by atoms with E-state index in [9.17, 15) is 4.79 Å². The summed E-state index contributed by atoms with van der Waals surface area (Å²) in [5, 5.41) is 2.58. The lowest BCUT2D eigenvalue weighted by molar-refractivity contribution is -0.123. The van der Waals surface area contributed by atoms with Gasteiger partial charge in [0.05, 0.1) is 5.92 Å². The fourth-order valence-electron chi connectivity index (χ4n) is 0.652. The van der Waals surface area contributed by atoms with E-state index in [1.54, 1.807) is 7.05 Å². The minimum atomic E-state index is 0.132. The Bertz CT molecular complexity index is 128. The van der Waals surface area contributed by atoms with Gasteiger partial charge in [0.2, 0.25) is 5.91 Å². The van der Waals surface area contributed by atoms with Gasteiger partial charge in [0, 0.05) is 7.05 Å². The first-order valence-corrected chi connectivity index (χ1v) is 2.73. The normalized spacial score (nSPS) is 24.4. The molecule has 0 fully saturated rings. The van der Waals surface area contributed by atoms with Crippen molar-refractivity contribution in [1.82, 2.24) is 5.32 Å². The largest absolute Gasteiger partial charge is 0.359 e. The summed E-state index contributed by atoms with van der Waals surface area (Å²) in [6, 6.07) is 0. The molecule has 1 amide bonds. The monoisotopic (exact) mass is 111 g/mol. The lowest BCUT2D eigenvalue weighted by Gasteiger charge is -2.14. The van der Waals surface area contributed by atoms with Gasteiger partial charge in [-0.2, -0.15) is 0 Å². The molecule has 2 heteroatoms. The SMILES string of the molecule is CNC(=O)C1C=CC1. The quantitative estimate of drug-likeness (QED) is 0.485. The third kappa shape index (κ3) is 0.735. The van der Waals surface area contributed by atoms with Gasteiger partial charge in [-0.15, -0.1) is 0 Å². The van der Waals surface area contributed by atoms with Crippen molar-refractivity contribution in [2.45, 2.75) is 6.42 Å². The molecule has 1 atom stereocenters. The number of allylic oxidation sites excluding steroid dienone is 1. The van der Waals surface area contributed by atoms with Gasteiger partial charge >= 0.3 is 0 Å². The van der Waals surface area contributed by atoms with Crippen LogP contribution < -0.4 is 5.32 Å². The molecule has 2 nitrogen and oxygen atoms in total. The van der Waals surface area contributed by atoms with Crippen LogP contribution in [0, 0.1) is 5.92 Å². The molecule has 8 heavy (non-hydrogen) atoms. The molecule has 0 radical (unpaired) electrons. The van der Waals surface area contributed by atoms with Crippen molar-refractivity contribution in [3.8, 4) is 0 Å². The smallest absolute Gasteiger partial charge is 0.226 e. The van der Waals surface area contributed by atoms with Crippen molar-refractivity contribution in [2.75, 3.05) is 7.05 Å². The molecule has 0 spiro atoms. The summed E-state index contributed by atoms with van der Waals surface area (Å²) in [4.78, 5) is 10.6. The number of nitrogens with one attached hydrogen (secondary N) is 1. The van der Waals surface area contributed by atoms with E-state index in [0.29, 0.717) is 0 Å². The van der Waals surface area contributed by atoms with Gasteiger partial charge in [-0.3, -0.25) is 4.79 Å². The Hall–Kier alpha value is -0.790. The Morgan fingerprint density at radius 2 is 2.50 bits per heavy atom. The molecule has 44 valence electrons. The summed E-state index contributed by atoms with van der Waals surface area (Å²) in [7, 11) is 1.66. The minimum absolute atomic E-state index is 0.132. The Morgan fingerprint density at radius 3 is 2.62 bits per heavy atom. The predicted octanol–water partition coefficient (Wildman–Crippen LogP) is 0.308. The van der Waals surface area contributed by atoms with E-state index in [1.165, 1.54) is 0 Å². The first kappa shape index (κ1) is 5.35. The molecule has 0 heterocycles. The zero-order chi connectivity index (χ0) is 5.98. The summed E-state index contributed by atoms with van der Waals surface area (Å²) in [6.45, 7) is 0. The highest BCUT2D eigenvalue weighted by Crippen LogP contribution is 2.15. The fraction of sp³-hybridized carbons (Fsp3) is 0.500. The zero-order valence-electron chi connectivity index (χ0n) is 4.85. The Balaban J connectivity index is 2.36. The molecule has 0 saturated carbocycles. The number of rotatable bonds is 1. The van der Waals surface area contributed by atoms with Gasteiger partial charge in [0.25, 0.3) is 0 Å². The molecule has 0 aliphatic heterocycles. The summed E-state index contributed by atoms with van der Waals surface area (Å²) < 4.78 is 0. The van der Waals surface area contributed by atoms with Gasteiger partial charge in [-0.25, -0.2) is 0 Å². The topological polar surface area (TPSA) is 29.1 Å². The maximum Gasteiger partial charge on any atom is 0.226 e. The highest BCUT2D eigenvalue weighted by molar-refractivity contribution is 5.81. The molecule has 0 bridgehead atoms.